The van der Waals surface area contributed by atoms with Gasteiger partial charge < -0.3 is 9.47 Å². The van der Waals surface area contributed by atoms with E-state index in [-0.39, 0.29) is 13.2 Å². The van der Waals surface area contributed by atoms with Gasteiger partial charge in [-0.25, -0.2) is 0 Å². The number of ether oxygens (including phenoxy) is 2. The zero-order chi connectivity index (χ0) is 21.3. The van der Waals surface area contributed by atoms with Gasteiger partial charge in [-0.05, 0) is 56.5 Å². The van der Waals surface area contributed by atoms with Crippen LogP contribution in [0.4, 0.5) is 0 Å². The van der Waals surface area contributed by atoms with Gasteiger partial charge in [0.1, 0.15) is 0 Å². The number of carbonyl (C=O) groups is 2. The number of hydrogen-bond acceptors (Lipinski definition) is 5. The summed E-state index contributed by atoms with van der Waals surface area (Å²) in [7, 11) is 0. The molecule has 0 radical (unpaired) electrons. The molecule has 0 spiro atoms. The van der Waals surface area contributed by atoms with E-state index in [1.54, 1.807) is 13.8 Å². The van der Waals surface area contributed by atoms with Crippen molar-refractivity contribution >= 4 is 18.0 Å². The molecule has 0 bridgehead atoms. The molecule has 0 saturated carbocycles. The first-order chi connectivity index (χ1) is 14.1. The number of rotatable bonds is 12. The monoisotopic (exact) mass is 401 g/mol. The third-order valence-electron chi connectivity index (χ3n) is 5.39. The van der Waals surface area contributed by atoms with E-state index in [0.717, 1.165) is 49.9 Å². The maximum absolute atomic E-state index is 13.3. The lowest BCUT2D eigenvalue weighted by Crippen LogP contribution is -2.49. The highest BCUT2D eigenvalue weighted by atomic mass is 16.6. The van der Waals surface area contributed by atoms with Crippen LogP contribution in [0.2, 0.25) is 0 Å². The maximum Gasteiger partial charge on any atom is 0.332 e. The zero-order valence-electron chi connectivity index (χ0n) is 18.3. The molecule has 1 aliphatic rings. The Morgan fingerprint density at radius 3 is 1.97 bits per heavy atom. The van der Waals surface area contributed by atoms with Crippen LogP contribution in [0.1, 0.15) is 64.5 Å². The minimum Gasteiger partial charge on any atom is -0.465 e. The number of carbonyl (C=O) groups excluding carboxylic acids is 2. The lowest BCUT2D eigenvalue weighted by Gasteiger charge is -2.32. The van der Waals surface area contributed by atoms with E-state index < -0.39 is 17.4 Å². The summed E-state index contributed by atoms with van der Waals surface area (Å²) in [4.78, 5) is 28.9. The van der Waals surface area contributed by atoms with Crippen LogP contribution in [0.3, 0.4) is 0 Å². The summed E-state index contributed by atoms with van der Waals surface area (Å²) in [6, 6.07) is 7.56. The first kappa shape index (κ1) is 23.1. The molecule has 0 aromatic heterocycles. The fraction of sp³-hybridized carbons (Fsp3) is 0.583. The van der Waals surface area contributed by atoms with Crippen molar-refractivity contribution in [1.29, 1.82) is 0 Å². The minimum absolute atomic E-state index is 0.213. The number of hydrogen-bond donors (Lipinski definition) is 0. The fourth-order valence-electron chi connectivity index (χ4n) is 3.92. The van der Waals surface area contributed by atoms with Crippen molar-refractivity contribution < 1.29 is 19.1 Å². The van der Waals surface area contributed by atoms with Crippen molar-refractivity contribution in [1.82, 2.24) is 4.90 Å². The average molecular weight is 402 g/mol. The molecule has 1 aliphatic carbocycles. The topological polar surface area (TPSA) is 55.8 Å². The Morgan fingerprint density at radius 1 is 0.897 bits per heavy atom. The van der Waals surface area contributed by atoms with Gasteiger partial charge in [0.05, 0.1) is 13.2 Å². The summed E-state index contributed by atoms with van der Waals surface area (Å²) >= 11 is 0. The Bertz CT molecular complexity index is 699. The predicted octanol–water partition coefficient (Wildman–Crippen LogP) is 4.35. The van der Waals surface area contributed by atoms with Crippen LogP contribution in [-0.4, -0.2) is 49.7 Å². The summed E-state index contributed by atoms with van der Waals surface area (Å²) in [6.45, 7) is 10.7. The SMILES string of the molecule is CCCCN(CCCC)CC1=Cc2ccccc2C1(C(=O)OCC)C(=O)OCC. The highest BCUT2D eigenvalue weighted by molar-refractivity contribution is 6.13. The van der Waals surface area contributed by atoms with E-state index in [9.17, 15) is 9.59 Å². The second-order valence-electron chi connectivity index (χ2n) is 7.43. The van der Waals surface area contributed by atoms with E-state index in [4.69, 9.17) is 9.47 Å². The summed E-state index contributed by atoms with van der Waals surface area (Å²) in [5.41, 5.74) is 0.787. The third kappa shape index (κ3) is 4.89. The zero-order valence-corrected chi connectivity index (χ0v) is 18.3. The van der Waals surface area contributed by atoms with Crippen molar-refractivity contribution in [2.24, 2.45) is 0 Å². The van der Waals surface area contributed by atoms with Crippen LogP contribution < -0.4 is 0 Å². The van der Waals surface area contributed by atoms with Crippen molar-refractivity contribution in [3.05, 3.63) is 41.0 Å². The lowest BCUT2D eigenvalue weighted by atomic mass is 9.76. The molecule has 160 valence electrons. The predicted molar refractivity (Wildman–Crippen MR) is 116 cm³/mol. The Kier molecular flexibility index (Phi) is 8.90. The van der Waals surface area contributed by atoms with Gasteiger partial charge in [0, 0.05) is 6.54 Å². The first-order valence-electron chi connectivity index (χ1n) is 10.9. The van der Waals surface area contributed by atoms with E-state index in [0.29, 0.717) is 12.1 Å². The normalized spacial score (nSPS) is 14.4. The van der Waals surface area contributed by atoms with Gasteiger partial charge in [-0.1, -0.05) is 57.0 Å². The standard InChI is InChI=1S/C24H35NO4/c1-5-9-15-25(16-10-6-2)18-20-17-19-13-11-12-14-21(19)24(20,22(26)28-7-3)23(27)29-8-4/h11-14,17H,5-10,15-16,18H2,1-4H3. The highest BCUT2D eigenvalue weighted by Gasteiger charge is 2.57. The van der Waals surface area contributed by atoms with Crippen LogP contribution in [0.25, 0.3) is 6.08 Å². The van der Waals surface area contributed by atoms with Crippen LogP contribution in [0.5, 0.6) is 0 Å². The van der Waals surface area contributed by atoms with Gasteiger partial charge in [0.25, 0.3) is 0 Å². The molecule has 29 heavy (non-hydrogen) atoms. The quantitative estimate of drug-likeness (QED) is 0.385. The molecule has 0 saturated heterocycles. The van der Waals surface area contributed by atoms with E-state index in [1.807, 2.05) is 30.3 Å². The van der Waals surface area contributed by atoms with Gasteiger partial charge in [0.2, 0.25) is 5.41 Å². The average Bonchev–Trinajstić information content (AvgIpc) is 3.05. The molecule has 0 fully saturated rings. The highest BCUT2D eigenvalue weighted by Crippen LogP contribution is 2.44. The van der Waals surface area contributed by atoms with Crippen molar-refractivity contribution in [3.8, 4) is 0 Å². The fourth-order valence-corrected chi connectivity index (χ4v) is 3.92. The number of benzene rings is 1. The van der Waals surface area contributed by atoms with E-state index >= 15 is 0 Å². The molecule has 5 heteroatoms. The first-order valence-corrected chi connectivity index (χ1v) is 10.9. The van der Waals surface area contributed by atoms with Gasteiger partial charge in [0.15, 0.2) is 0 Å². The molecular formula is C24H35NO4. The largest absolute Gasteiger partial charge is 0.465 e. The van der Waals surface area contributed by atoms with Crippen LogP contribution in [0.15, 0.2) is 29.8 Å². The maximum atomic E-state index is 13.3. The molecular weight excluding hydrogens is 366 g/mol. The molecule has 1 aromatic carbocycles. The number of fused-ring (bicyclic) bond motifs is 1. The van der Waals surface area contributed by atoms with E-state index in [2.05, 4.69) is 18.7 Å². The van der Waals surface area contributed by atoms with E-state index in [1.165, 1.54) is 0 Å². The minimum atomic E-state index is -1.51. The van der Waals surface area contributed by atoms with Crippen LogP contribution in [0, 0.1) is 0 Å². The molecule has 5 nitrogen and oxygen atoms in total. The van der Waals surface area contributed by atoms with Crippen molar-refractivity contribution in [2.45, 2.75) is 58.8 Å². The second-order valence-corrected chi connectivity index (χ2v) is 7.43. The van der Waals surface area contributed by atoms with Gasteiger partial charge >= 0.3 is 11.9 Å². The number of esters is 2. The Morgan fingerprint density at radius 2 is 1.45 bits per heavy atom. The third-order valence-corrected chi connectivity index (χ3v) is 5.39. The smallest absolute Gasteiger partial charge is 0.332 e. The van der Waals surface area contributed by atoms with Crippen molar-refractivity contribution in [3.63, 3.8) is 0 Å². The summed E-state index contributed by atoms with van der Waals surface area (Å²) < 4.78 is 10.9. The van der Waals surface area contributed by atoms with Crippen molar-refractivity contribution in [2.75, 3.05) is 32.8 Å². The Hall–Kier alpha value is -2.14. The summed E-state index contributed by atoms with van der Waals surface area (Å²) in [5.74, 6) is -1.08. The molecule has 2 rings (SSSR count). The molecule has 0 atom stereocenters. The van der Waals surface area contributed by atoms with Gasteiger partial charge in [-0.2, -0.15) is 0 Å². The van der Waals surface area contributed by atoms with Crippen LogP contribution >= 0.6 is 0 Å². The van der Waals surface area contributed by atoms with Gasteiger partial charge in [-0.15, -0.1) is 0 Å². The molecule has 0 heterocycles. The Labute approximate surface area is 175 Å². The molecule has 0 aliphatic heterocycles. The molecule has 0 N–H and O–H groups in total. The summed E-state index contributed by atoms with van der Waals surface area (Å²) in [6.07, 6.45) is 6.34. The molecule has 1 aromatic rings. The molecule has 0 unspecified atom stereocenters. The lowest BCUT2D eigenvalue weighted by molar-refractivity contribution is -0.162. The number of nitrogens with zero attached hydrogens (tertiary/aromatic N) is 1. The van der Waals surface area contributed by atoms with Crippen LogP contribution in [-0.2, 0) is 24.5 Å². The number of unbranched alkanes of at least 4 members (excludes halogenated alkanes) is 2. The second kappa shape index (κ2) is 11.1. The molecule has 0 amide bonds. The van der Waals surface area contributed by atoms with Gasteiger partial charge in [-0.3, -0.25) is 14.5 Å². The Balaban J connectivity index is 2.51. The summed E-state index contributed by atoms with van der Waals surface area (Å²) in [5, 5.41) is 0.